The molecule has 0 aromatic heterocycles. The standard InChI is InChI=1S/C7H13BCl2/c1-2-4-5(9)3-6(10)7(4)8/h4-7H,2-3,8H2,1H3. The lowest BCUT2D eigenvalue weighted by Crippen LogP contribution is -2.11. The van der Waals surface area contributed by atoms with E-state index >= 15 is 0 Å². The van der Waals surface area contributed by atoms with Crippen molar-refractivity contribution in [2.75, 3.05) is 0 Å². The highest BCUT2D eigenvalue weighted by Gasteiger charge is 2.36. The number of hydrogen-bond acceptors (Lipinski definition) is 0. The lowest BCUT2D eigenvalue weighted by Gasteiger charge is -2.16. The molecule has 0 aromatic carbocycles. The third-order valence-corrected chi connectivity index (χ3v) is 3.71. The van der Waals surface area contributed by atoms with Crippen LogP contribution < -0.4 is 0 Å². The molecule has 10 heavy (non-hydrogen) atoms. The molecule has 0 amide bonds. The summed E-state index contributed by atoms with van der Waals surface area (Å²) in [5.41, 5.74) is 0. The van der Waals surface area contributed by atoms with E-state index in [2.05, 4.69) is 14.8 Å². The Hall–Kier alpha value is 0.645. The molecule has 1 fully saturated rings. The van der Waals surface area contributed by atoms with Crippen molar-refractivity contribution in [1.29, 1.82) is 0 Å². The van der Waals surface area contributed by atoms with Crippen LogP contribution in [-0.4, -0.2) is 18.6 Å². The van der Waals surface area contributed by atoms with Gasteiger partial charge < -0.3 is 0 Å². The van der Waals surface area contributed by atoms with Crippen molar-refractivity contribution in [3.63, 3.8) is 0 Å². The largest absolute Gasteiger partial charge is 0.123 e. The van der Waals surface area contributed by atoms with Crippen LogP contribution in [0, 0.1) is 5.92 Å². The molecule has 1 saturated carbocycles. The van der Waals surface area contributed by atoms with Gasteiger partial charge in [0, 0.05) is 10.8 Å². The molecular weight excluding hydrogens is 166 g/mol. The monoisotopic (exact) mass is 178 g/mol. The average molecular weight is 179 g/mol. The van der Waals surface area contributed by atoms with Gasteiger partial charge in [-0.3, -0.25) is 0 Å². The summed E-state index contributed by atoms with van der Waals surface area (Å²) in [5.74, 6) is 1.25. The topological polar surface area (TPSA) is 0 Å². The summed E-state index contributed by atoms with van der Waals surface area (Å²) in [4.78, 5) is 0. The lowest BCUT2D eigenvalue weighted by molar-refractivity contribution is 0.537. The normalized spacial score (nSPS) is 47.9. The molecule has 0 nitrogen and oxygen atoms in total. The third-order valence-electron chi connectivity index (χ3n) is 2.63. The van der Waals surface area contributed by atoms with Crippen molar-refractivity contribution >= 4 is 31.0 Å². The minimum Gasteiger partial charge on any atom is -0.123 e. The van der Waals surface area contributed by atoms with Crippen molar-refractivity contribution < 1.29 is 0 Å². The number of alkyl halides is 2. The summed E-state index contributed by atoms with van der Waals surface area (Å²) in [6.07, 6.45) is 2.15. The SMILES string of the molecule is BC1C(Cl)CC(Cl)C1CC. The highest BCUT2D eigenvalue weighted by Crippen LogP contribution is 2.42. The minimum absolute atomic E-state index is 0.312. The summed E-state index contributed by atoms with van der Waals surface area (Å²) in [7, 11) is 2.20. The number of rotatable bonds is 1. The van der Waals surface area contributed by atoms with Crippen LogP contribution in [0.15, 0.2) is 0 Å². The predicted molar refractivity (Wildman–Crippen MR) is 50.0 cm³/mol. The Morgan fingerprint density at radius 1 is 1.40 bits per heavy atom. The van der Waals surface area contributed by atoms with Gasteiger partial charge in [0.15, 0.2) is 0 Å². The molecule has 1 aliphatic rings. The Bertz CT molecular complexity index is 118. The maximum absolute atomic E-state index is 6.08. The van der Waals surface area contributed by atoms with Crippen molar-refractivity contribution in [1.82, 2.24) is 0 Å². The van der Waals surface area contributed by atoms with E-state index in [0.717, 1.165) is 6.42 Å². The second-order valence-electron chi connectivity index (χ2n) is 3.20. The molecule has 1 rings (SSSR count). The van der Waals surface area contributed by atoms with Crippen LogP contribution in [0.5, 0.6) is 0 Å². The van der Waals surface area contributed by atoms with Crippen molar-refractivity contribution in [3.8, 4) is 0 Å². The highest BCUT2D eigenvalue weighted by atomic mass is 35.5. The molecule has 0 bridgehead atoms. The molecule has 0 spiro atoms. The zero-order chi connectivity index (χ0) is 7.72. The van der Waals surface area contributed by atoms with E-state index in [1.807, 2.05) is 0 Å². The fraction of sp³-hybridized carbons (Fsp3) is 1.00. The van der Waals surface area contributed by atoms with Gasteiger partial charge in [0.2, 0.25) is 0 Å². The summed E-state index contributed by atoms with van der Waals surface area (Å²) in [5, 5.41) is 0.634. The molecular formula is C7H13BCl2. The van der Waals surface area contributed by atoms with Gasteiger partial charge in [-0.15, -0.1) is 23.2 Å². The van der Waals surface area contributed by atoms with Crippen LogP contribution >= 0.6 is 23.2 Å². The Labute approximate surface area is 73.7 Å². The number of hydrogen-bond donors (Lipinski definition) is 0. The van der Waals surface area contributed by atoms with Crippen LogP contribution in [0.25, 0.3) is 0 Å². The summed E-state index contributed by atoms with van der Waals surface area (Å²) in [6.45, 7) is 2.19. The molecule has 58 valence electrons. The van der Waals surface area contributed by atoms with E-state index < -0.39 is 0 Å². The van der Waals surface area contributed by atoms with Crippen molar-refractivity contribution in [3.05, 3.63) is 0 Å². The van der Waals surface area contributed by atoms with Crippen LogP contribution in [0.1, 0.15) is 19.8 Å². The van der Waals surface area contributed by atoms with Gasteiger partial charge in [0.25, 0.3) is 0 Å². The van der Waals surface area contributed by atoms with E-state index in [1.165, 1.54) is 6.42 Å². The summed E-state index contributed by atoms with van der Waals surface area (Å²) < 4.78 is 0. The van der Waals surface area contributed by atoms with Crippen LogP contribution in [0.4, 0.5) is 0 Å². The van der Waals surface area contributed by atoms with Gasteiger partial charge in [-0.2, -0.15) is 0 Å². The Morgan fingerprint density at radius 3 is 2.20 bits per heavy atom. The molecule has 0 aliphatic heterocycles. The van der Waals surface area contributed by atoms with E-state index in [9.17, 15) is 0 Å². The molecule has 3 heteroatoms. The first-order valence-electron chi connectivity index (χ1n) is 3.95. The minimum atomic E-state index is 0.312. The molecule has 4 unspecified atom stereocenters. The zero-order valence-electron chi connectivity index (χ0n) is 6.48. The Kier molecular flexibility index (Phi) is 2.94. The summed E-state index contributed by atoms with van der Waals surface area (Å²) >= 11 is 12.1. The smallest absolute Gasteiger partial charge is 0.107 e. The van der Waals surface area contributed by atoms with Crippen LogP contribution in [0.3, 0.4) is 0 Å². The van der Waals surface area contributed by atoms with E-state index in [1.54, 1.807) is 0 Å². The van der Waals surface area contributed by atoms with Crippen molar-refractivity contribution in [2.24, 2.45) is 5.92 Å². The molecule has 0 radical (unpaired) electrons. The fourth-order valence-electron chi connectivity index (χ4n) is 1.83. The highest BCUT2D eigenvalue weighted by molar-refractivity contribution is 6.29. The molecule has 0 aromatic rings. The Morgan fingerprint density at radius 2 is 2.00 bits per heavy atom. The first-order valence-corrected chi connectivity index (χ1v) is 4.82. The number of halogens is 2. The van der Waals surface area contributed by atoms with Gasteiger partial charge in [0.1, 0.15) is 7.85 Å². The lowest BCUT2D eigenvalue weighted by atomic mass is 9.77. The molecule has 0 heterocycles. The fourth-order valence-corrected chi connectivity index (χ4v) is 2.90. The van der Waals surface area contributed by atoms with Crippen molar-refractivity contribution in [2.45, 2.75) is 36.3 Å². The van der Waals surface area contributed by atoms with Gasteiger partial charge in [-0.25, -0.2) is 0 Å². The maximum Gasteiger partial charge on any atom is 0.107 e. The van der Waals surface area contributed by atoms with Gasteiger partial charge in [0.05, 0.1) is 0 Å². The van der Waals surface area contributed by atoms with E-state index in [0.29, 0.717) is 22.5 Å². The second kappa shape index (κ2) is 3.36. The molecule has 0 N–H and O–H groups in total. The molecule has 0 saturated heterocycles. The van der Waals surface area contributed by atoms with Gasteiger partial charge >= 0.3 is 0 Å². The molecule has 4 atom stereocenters. The quantitative estimate of drug-likeness (QED) is 0.426. The first-order chi connectivity index (χ1) is 4.66. The zero-order valence-corrected chi connectivity index (χ0v) is 7.99. The van der Waals surface area contributed by atoms with Gasteiger partial charge in [-0.1, -0.05) is 13.3 Å². The van der Waals surface area contributed by atoms with E-state index in [4.69, 9.17) is 23.2 Å². The summed E-state index contributed by atoms with van der Waals surface area (Å²) in [6, 6.07) is 0. The van der Waals surface area contributed by atoms with E-state index in [-0.39, 0.29) is 0 Å². The first kappa shape index (κ1) is 8.74. The second-order valence-corrected chi connectivity index (χ2v) is 4.32. The van der Waals surface area contributed by atoms with Crippen LogP contribution in [0.2, 0.25) is 5.82 Å². The maximum atomic E-state index is 6.08. The average Bonchev–Trinajstić information content (AvgIpc) is 2.09. The van der Waals surface area contributed by atoms with Gasteiger partial charge in [-0.05, 0) is 18.2 Å². The Balaban J connectivity index is 2.55. The van der Waals surface area contributed by atoms with Crippen LogP contribution in [-0.2, 0) is 0 Å². The third kappa shape index (κ3) is 1.45. The molecule has 1 aliphatic carbocycles. The predicted octanol–water partition coefficient (Wildman–Crippen LogP) is 2.05.